The fourth-order valence-electron chi connectivity index (χ4n) is 1.71. The lowest BCUT2D eigenvalue weighted by Crippen LogP contribution is -2.37. The topological polar surface area (TPSA) is 66.5 Å². The summed E-state index contributed by atoms with van der Waals surface area (Å²) in [6.45, 7) is 2.20. The minimum atomic E-state index is -0.654. The largest absolute Gasteiger partial charge is 0.392 e. The number of nitrogens with two attached hydrogens (primary N) is 1. The van der Waals surface area contributed by atoms with Crippen LogP contribution in [0.25, 0.3) is 0 Å². The second-order valence-corrected chi connectivity index (χ2v) is 3.83. The molecule has 0 unspecified atom stereocenters. The van der Waals surface area contributed by atoms with Crippen molar-refractivity contribution in [3.05, 3.63) is 0 Å². The predicted octanol–water partition coefficient (Wildman–Crippen LogP) is 0.247. The Morgan fingerprint density at radius 2 is 2.17 bits per heavy atom. The third kappa shape index (κ3) is 2.19. The van der Waals surface area contributed by atoms with E-state index in [2.05, 4.69) is 0 Å². The van der Waals surface area contributed by atoms with E-state index in [-0.39, 0.29) is 6.54 Å². The van der Waals surface area contributed by atoms with E-state index in [9.17, 15) is 10.2 Å². The molecule has 12 heavy (non-hydrogen) atoms. The first-order chi connectivity index (χ1) is 5.62. The van der Waals surface area contributed by atoms with Crippen molar-refractivity contribution in [1.82, 2.24) is 0 Å². The summed E-state index contributed by atoms with van der Waals surface area (Å²) in [6.07, 6.45) is 2.80. The van der Waals surface area contributed by atoms with Gasteiger partial charge < -0.3 is 15.9 Å². The van der Waals surface area contributed by atoms with Crippen molar-refractivity contribution >= 4 is 0 Å². The van der Waals surface area contributed by atoms with Crippen LogP contribution in [0.15, 0.2) is 0 Å². The number of aliphatic hydroxyl groups is 2. The maximum atomic E-state index is 10.0. The van der Waals surface area contributed by atoms with Crippen LogP contribution in [0.3, 0.4) is 0 Å². The normalized spacial score (nSPS) is 25.0. The fourth-order valence-corrected chi connectivity index (χ4v) is 1.71. The maximum absolute atomic E-state index is 10.0. The number of aliphatic hydroxyl groups excluding tert-OH is 1. The van der Waals surface area contributed by atoms with Gasteiger partial charge in [-0.05, 0) is 25.2 Å². The summed E-state index contributed by atoms with van der Waals surface area (Å²) in [4.78, 5) is 0. The van der Waals surface area contributed by atoms with E-state index in [0.717, 1.165) is 12.8 Å². The third-order valence-corrected chi connectivity index (χ3v) is 2.81. The van der Waals surface area contributed by atoms with Gasteiger partial charge in [-0.3, -0.25) is 0 Å². The quantitative estimate of drug-likeness (QED) is 0.558. The fraction of sp³-hybridized carbons (Fsp3) is 1.00. The number of hydrogen-bond donors (Lipinski definition) is 3. The Morgan fingerprint density at radius 1 is 1.58 bits per heavy atom. The van der Waals surface area contributed by atoms with Crippen molar-refractivity contribution in [1.29, 1.82) is 0 Å². The van der Waals surface area contributed by atoms with Gasteiger partial charge in [-0.25, -0.2) is 0 Å². The molecular weight excluding hydrogens is 154 g/mol. The zero-order valence-corrected chi connectivity index (χ0v) is 7.66. The second-order valence-electron chi connectivity index (χ2n) is 3.83. The lowest BCUT2D eigenvalue weighted by atomic mass is 9.88. The Kier molecular flexibility index (Phi) is 3.09. The van der Waals surface area contributed by atoms with Gasteiger partial charge in [0.05, 0.1) is 11.7 Å². The van der Waals surface area contributed by atoms with Crippen molar-refractivity contribution in [2.75, 3.05) is 6.54 Å². The van der Waals surface area contributed by atoms with E-state index in [4.69, 9.17) is 5.73 Å². The van der Waals surface area contributed by atoms with E-state index < -0.39 is 11.7 Å². The van der Waals surface area contributed by atoms with Crippen molar-refractivity contribution in [3.8, 4) is 0 Å². The molecule has 1 saturated carbocycles. The molecule has 1 rings (SSSR count). The minimum Gasteiger partial charge on any atom is -0.392 e. The van der Waals surface area contributed by atoms with Crippen LogP contribution in [0, 0.1) is 5.92 Å². The molecule has 2 atom stereocenters. The minimum absolute atomic E-state index is 0.245. The molecular formula is C9H19NO2. The first-order valence-electron chi connectivity index (χ1n) is 4.73. The molecule has 0 aromatic heterocycles. The number of hydrogen-bond acceptors (Lipinski definition) is 3. The van der Waals surface area contributed by atoms with E-state index in [1.54, 1.807) is 0 Å². The van der Waals surface area contributed by atoms with Gasteiger partial charge in [0.15, 0.2) is 0 Å². The lowest BCUT2D eigenvalue weighted by Gasteiger charge is -2.28. The molecule has 3 heteroatoms. The van der Waals surface area contributed by atoms with Gasteiger partial charge in [-0.15, -0.1) is 0 Å². The van der Waals surface area contributed by atoms with Crippen LogP contribution >= 0.6 is 0 Å². The molecule has 3 nitrogen and oxygen atoms in total. The molecule has 72 valence electrons. The van der Waals surface area contributed by atoms with Crippen LogP contribution in [-0.4, -0.2) is 28.5 Å². The highest BCUT2D eigenvalue weighted by atomic mass is 16.3. The molecule has 0 spiro atoms. The van der Waals surface area contributed by atoms with Crippen molar-refractivity contribution in [2.24, 2.45) is 11.7 Å². The van der Waals surface area contributed by atoms with E-state index in [1.807, 2.05) is 6.92 Å². The summed E-state index contributed by atoms with van der Waals surface area (Å²) in [7, 11) is 0. The number of rotatable bonds is 5. The maximum Gasteiger partial charge on any atom is 0.0698 e. The molecule has 0 radical (unpaired) electrons. The van der Waals surface area contributed by atoms with Crippen molar-refractivity contribution in [2.45, 2.75) is 44.3 Å². The van der Waals surface area contributed by atoms with Gasteiger partial charge in [0, 0.05) is 13.0 Å². The Hall–Kier alpha value is -0.120. The Bertz CT molecular complexity index is 147. The predicted molar refractivity (Wildman–Crippen MR) is 47.6 cm³/mol. The van der Waals surface area contributed by atoms with Crippen LogP contribution in [0.4, 0.5) is 0 Å². The van der Waals surface area contributed by atoms with E-state index >= 15 is 0 Å². The third-order valence-electron chi connectivity index (χ3n) is 2.81. The summed E-state index contributed by atoms with van der Waals surface area (Å²) in [6, 6.07) is 0. The zero-order valence-electron chi connectivity index (χ0n) is 7.66. The smallest absolute Gasteiger partial charge is 0.0698 e. The highest BCUT2D eigenvalue weighted by Crippen LogP contribution is 2.43. The summed E-state index contributed by atoms with van der Waals surface area (Å²) in [5.41, 5.74) is 4.64. The molecule has 0 bridgehead atoms. The van der Waals surface area contributed by atoms with Gasteiger partial charge in [-0.1, -0.05) is 6.92 Å². The first kappa shape index (κ1) is 9.96. The summed E-state index contributed by atoms with van der Waals surface area (Å²) in [5.74, 6) is 0.406. The molecule has 0 heterocycles. The standard InChI is InChI=1S/C9H19NO2/c1-2-9(12,7-3-4-7)5-8(11)6-10/h7-8,11-12H,2-6,10H2,1H3/t8-,9-/m1/s1. The summed E-state index contributed by atoms with van der Waals surface area (Å²) >= 11 is 0. The van der Waals surface area contributed by atoms with Gasteiger partial charge >= 0.3 is 0 Å². The van der Waals surface area contributed by atoms with Crippen LogP contribution in [0.2, 0.25) is 0 Å². The van der Waals surface area contributed by atoms with Crippen molar-refractivity contribution < 1.29 is 10.2 Å². The molecule has 0 aliphatic heterocycles. The van der Waals surface area contributed by atoms with E-state index in [0.29, 0.717) is 18.8 Å². The van der Waals surface area contributed by atoms with Crippen LogP contribution in [0.1, 0.15) is 32.6 Å². The summed E-state index contributed by atoms with van der Waals surface area (Å²) < 4.78 is 0. The van der Waals surface area contributed by atoms with Crippen LogP contribution in [0.5, 0.6) is 0 Å². The van der Waals surface area contributed by atoms with Gasteiger partial charge in [0.2, 0.25) is 0 Å². The van der Waals surface area contributed by atoms with Gasteiger partial charge in [-0.2, -0.15) is 0 Å². The summed E-state index contributed by atoms with van der Waals surface area (Å²) in [5, 5.41) is 19.4. The van der Waals surface area contributed by atoms with Crippen LogP contribution < -0.4 is 5.73 Å². The second kappa shape index (κ2) is 3.73. The Morgan fingerprint density at radius 3 is 2.50 bits per heavy atom. The molecule has 0 aromatic carbocycles. The van der Waals surface area contributed by atoms with Gasteiger partial charge in [0.25, 0.3) is 0 Å². The highest BCUT2D eigenvalue weighted by Gasteiger charge is 2.43. The Balaban J connectivity index is 2.42. The van der Waals surface area contributed by atoms with Crippen LogP contribution in [-0.2, 0) is 0 Å². The van der Waals surface area contributed by atoms with E-state index in [1.165, 1.54) is 0 Å². The molecule has 1 aliphatic carbocycles. The molecule has 4 N–H and O–H groups in total. The zero-order chi connectivity index (χ0) is 9.19. The molecule has 1 fully saturated rings. The lowest BCUT2D eigenvalue weighted by molar-refractivity contribution is -0.0292. The first-order valence-corrected chi connectivity index (χ1v) is 4.73. The average Bonchev–Trinajstić information content (AvgIpc) is 2.86. The Labute approximate surface area is 73.6 Å². The highest BCUT2D eigenvalue weighted by molar-refractivity contribution is 4.95. The molecule has 0 amide bonds. The molecule has 1 aliphatic rings. The molecule has 0 aromatic rings. The average molecular weight is 173 g/mol. The monoisotopic (exact) mass is 173 g/mol. The van der Waals surface area contributed by atoms with Gasteiger partial charge in [0.1, 0.15) is 0 Å². The molecule has 0 saturated heterocycles. The SMILES string of the molecule is CC[C@@](O)(C[C@@H](O)CN)C1CC1. The van der Waals surface area contributed by atoms with Crippen molar-refractivity contribution in [3.63, 3.8) is 0 Å².